The molecule has 0 heterocycles. The molecule has 7 nitrogen and oxygen atoms in total. The second kappa shape index (κ2) is 13.0. The van der Waals surface area contributed by atoms with E-state index in [9.17, 15) is 18.0 Å². The molecule has 3 rings (SSSR count). The molecule has 0 aromatic heterocycles. The number of sulfonamides is 1. The van der Waals surface area contributed by atoms with Crippen LogP contribution in [0.1, 0.15) is 33.3 Å². The minimum atomic E-state index is -4.25. The van der Waals surface area contributed by atoms with Gasteiger partial charge in [0.25, 0.3) is 10.0 Å². The van der Waals surface area contributed by atoms with Crippen molar-refractivity contribution in [1.82, 2.24) is 10.2 Å². The van der Waals surface area contributed by atoms with Gasteiger partial charge in [0.1, 0.15) is 12.6 Å². The summed E-state index contributed by atoms with van der Waals surface area (Å²) in [6.07, 6.45) is 0. The van der Waals surface area contributed by atoms with Crippen LogP contribution in [0.5, 0.6) is 0 Å². The van der Waals surface area contributed by atoms with E-state index in [0.29, 0.717) is 15.6 Å². The lowest BCUT2D eigenvalue weighted by molar-refractivity contribution is -0.140. The average molecular weight is 645 g/mol. The third-order valence-electron chi connectivity index (χ3n) is 5.78. The summed E-state index contributed by atoms with van der Waals surface area (Å²) in [5.41, 5.74) is 0.221. The van der Waals surface area contributed by atoms with Gasteiger partial charge < -0.3 is 10.2 Å². The Hall–Kier alpha value is -2.49. The van der Waals surface area contributed by atoms with Crippen LogP contribution in [0.25, 0.3) is 0 Å². The quantitative estimate of drug-likeness (QED) is 0.277. The maximum atomic E-state index is 13.9. The molecule has 0 saturated heterocycles. The summed E-state index contributed by atoms with van der Waals surface area (Å²) >= 11 is 24.4. The highest BCUT2D eigenvalue weighted by Gasteiger charge is 2.33. The van der Waals surface area contributed by atoms with Gasteiger partial charge in [-0.3, -0.25) is 13.9 Å². The van der Waals surface area contributed by atoms with Crippen molar-refractivity contribution in [3.8, 4) is 0 Å². The number of hydrogen-bond donors (Lipinski definition) is 1. The third kappa shape index (κ3) is 8.27. The van der Waals surface area contributed by atoms with Crippen molar-refractivity contribution in [2.45, 2.75) is 50.7 Å². The van der Waals surface area contributed by atoms with Gasteiger partial charge >= 0.3 is 0 Å². The van der Waals surface area contributed by atoms with Crippen molar-refractivity contribution in [2.24, 2.45) is 0 Å². The highest BCUT2D eigenvalue weighted by Crippen LogP contribution is 2.28. The van der Waals surface area contributed by atoms with Crippen LogP contribution in [0.2, 0.25) is 20.1 Å². The SMILES string of the molecule is CC(C(=O)NC(C)(C)C)N(Cc1ccc(Cl)c(Cl)c1)C(=O)CN(c1cccc(Cl)c1)S(=O)(=O)c1ccc(Cl)cc1. The number of halogens is 4. The van der Waals surface area contributed by atoms with E-state index in [1.807, 2.05) is 20.8 Å². The van der Waals surface area contributed by atoms with E-state index >= 15 is 0 Å². The molecule has 0 spiro atoms. The molecule has 1 atom stereocenters. The molecule has 2 amide bonds. The topological polar surface area (TPSA) is 86.8 Å². The van der Waals surface area contributed by atoms with Gasteiger partial charge in [-0.1, -0.05) is 58.5 Å². The van der Waals surface area contributed by atoms with Gasteiger partial charge in [-0.05, 0) is 87.9 Å². The van der Waals surface area contributed by atoms with Crippen LogP contribution in [-0.4, -0.2) is 43.3 Å². The highest BCUT2D eigenvalue weighted by atomic mass is 35.5. The summed E-state index contributed by atoms with van der Waals surface area (Å²) < 4.78 is 28.6. The smallest absolute Gasteiger partial charge is 0.264 e. The van der Waals surface area contributed by atoms with Crippen molar-refractivity contribution >= 4 is 73.9 Å². The Morgan fingerprint density at radius 3 is 2.10 bits per heavy atom. The Bertz CT molecular complexity index is 1490. The van der Waals surface area contributed by atoms with Gasteiger partial charge in [-0.15, -0.1) is 0 Å². The molecule has 0 radical (unpaired) electrons. The average Bonchev–Trinajstić information content (AvgIpc) is 2.86. The molecule has 0 bridgehead atoms. The number of rotatable bonds is 9. The summed E-state index contributed by atoms with van der Waals surface area (Å²) in [6.45, 7) is 6.40. The summed E-state index contributed by atoms with van der Waals surface area (Å²) in [5.74, 6) is -1.03. The molecule has 0 aliphatic heterocycles. The number of amides is 2. The first-order chi connectivity index (χ1) is 18.6. The number of carbonyl (C=O) groups is 2. The summed E-state index contributed by atoms with van der Waals surface area (Å²) in [4.78, 5) is 28.3. The molecule has 0 saturated carbocycles. The summed E-state index contributed by atoms with van der Waals surface area (Å²) in [6, 6.07) is 15.7. The number of hydrogen-bond acceptors (Lipinski definition) is 4. The molecular weight excluding hydrogens is 616 g/mol. The van der Waals surface area contributed by atoms with Crippen molar-refractivity contribution in [3.63, 3.8) is 0 Å². The van der Waals surface area contributed by atoms with E-state index < -0.39 is 40.0 Å². The first kappa shape index (κ1) is 32.0. The minimum absolute atomic E-state index is 0.0289. The summed E-state index contributed by atoms with van der Waals surface area (Å²) in [5, 5.41) is 4.13. The van der Waals surface area contributed by atoms with E-state index in [0.717, 1.165) is 4.31 Å². The summed E-state index contributed by atoms with van der Waals surface area (Å²) in [7, 11) is -4.25. The zero-order valence-corrected chi connectivity index (χ0v) is 26.1. The highest BCUT2D eigenvalue weighted by molar-refractivity contribution is 7.92. The lowest BCUT2D eigenvalue weighted by atomic mass is 10.1. The fraction of sp³-hybridized carbons (Fsp3) is 0.286. The molecule has 1 unspecified atom stereocenters. The van der Waals surface area contributed by atoms with Crippen molar-refractivity contribution in [1.29, 1.82) is 0 Å². The van der Waals surface area contributed by atoms with Gasteiger partial charge in [-0.25, -0.2) is 8.42 Å². The normalized spacial score (nSPS) is 12.5. The van der Waals surface area contributed by atoms with Crippen LogP contribution in [0.15, 0.2) is 71.6 Å². The number of nitrogens with one attached hydrogen (secondary N) is 1. The Labute approximate surface area is 255 Å². The zero-order valence-electron chi connectivity index (χ0n) is 22.3. The molecule has 1 N–H and O–H groups in total. The predicted octanol–water partition coefficient (Wildman–Crippen LogP) is 6.83. The van der Waals surface area contributed by atoms with Crippen LogP contribution in [0, 0.1) is 0 Å². The van der Waals surface area contributed by atoms with Crippen molar-refractivity contribution in [2.75, 3.05) is 10.8 Å². The Morgan fingerprint density at radius 1 is 0.875 bits per heavy atom. The number of anilines is 1. The van der Waals surface area contributed by atoms with Crippen LogP contribution in [0.3, 0.4) is 0 Å². The van der Waals surface area contributed by atoms with Crippen molar-refractivity contribution < 1.29 is 18.0 Å². The van der Waals surface area contributed by atoms with E-state index in [-0.39, 0.29) is 27.2 Å². The maximum Gasteiger partial charge on any atom is 0.264 e. The molecule has 0 aliphatic carbocycles. The predicted molar refractivity (Wildman–Crippen MR) is 162 cm³/mol. The first-order valence-electron chi connectivity index (χ1n) is 12.2. The number of benzene rings is 3. The molecule has 40 heavy (non-hydrogen) atoms. The van der Waals surface area contributed by atoms with Crippen LogP contribution < -0.4 is 9.62 Å². The van der Waals surface area contributed by atoms with Gasteiger partial charge in [0, 0.05) is 22.1 Å². The van der Waals surface area contributed by atoms with E-state index in [1.165, 1.54) is 41.3 Å². The second-order valence-electron chi connectivity index (χ2n) is 10.1. The van der Waals surface area contributed by atoms with E-state index in [1.54, 1.807) is 37.3 Å². The monoisotopic (exact) mass is 643 g/mol. The largest absolute Gasteiger partial charge is 0.350 e. The lowest BCUT2D eigenvalue weighted by Crippen LogP contribution is -2.54. The van der Waals surface area contributed by atoms with Crippen LogP contribution >= 0.6 is 46.4 Å². The molecule has 0 aliphatic rings. The van der Waals surface area contributed by atoms with Gasteiger partial charge in [-0.2, -0.15) is 0 Å². The zero-order chi connectivity index (χ0) is 29.8. The molecule has 214 valence electrons. The lowest BCUT2D eigenvalue weighted by Gasteiger charge is -2.33. The Kier molecular flexibility index (Phi) is 10.4. The van der Waals surface area contributed by atoms with Gasteiger partial charge in [0.05, 0.1) is 20.6 Å². The maximum absolute atomic E-state index is 13.9. The van der Waals surface area contributed by atoms with E-state index in [4.69, 9.17) is 46.4 Å². The second-order valence-corrected chi connectivity index (χ2v) is 13.7. The number of nitrogens with zero attached hydrogens (tertiary/aromatic N) is 2. The minimum Gasteiger partial charge on any atom is -0.350 e. The third-order valence-corrected chi connectivity index (χ3v) is 8.79. The standard InChI is InChI=1S/C28H29Cl4N3O4S/c1-18(27(37)33-28(2,3)4)34(16-19-8-13-24(31)25(32)14-19)26(36)17-35(22-7-5-6-21(30)15-22)40(38,39)23-11-9-20(29)10-12-23/h5-15,18H,16-17H2,1-4H3,(H,33,37). The van der Waals surface area contributed by atoms with Crippen LogP contribution in [0.4, 0.5) is 5.69 Å². The fourth-order valence-corrected chi connectivity index (χ4v) is 5.82. The Balaban J connectivity index is 2.05. The van der Waals surface area contributed by atoms with Gasteiger partial charge in [0.15, 0.2) is 0 Å². The molecule has 3 aromatic carbocycles. The van der Waals surface area contributed by atoms with Crippen molar-refractivity contribution in [3.05, 3.63) is 92.4 Å². The molecule has 3 aromatic rings. The van der Waals surface area contributed by atoms with E-state index in [2.05, 4.69) is 5.32 Å². The molecule has 0 fully saturated rings. The van der Waals surface area contributed by atoms with Gasteiger partial charge in [0.2, 0.25) is 11.8 Å². The van der Waals surface area contributed by atoms with Crippen LogP contribution in [-0.2, 0) is 26.2 Å². The molecular formula is C28H29Cl4N3O4S. The first-order valence-corrected chi connectivity index (χ1v) is 15.1. The Morgan fingerprint density at radius 2 is 1.52 bits per heavy atom. The fourth-order valence-electron chi connectivity index (χ4n) is 3.79. The number of carbonyl (C=O) groups excluding carboxylic acids is 2. The molecule has 12 heteroatoms.